The topological polar surface area (TPSA) is 101 Å². The number of thiophene rings is 1. The van der Waals surface area contributed by atoms with Crippen LogP contribution >= 0.6 is 22.9 Å². The standard InChI is InChI=1S/C29H23ClN2O6S/c30-20-9-5-17(6-10-20)26(34)31(32-27(35)24-18-3-4-19(14-18)25(24)28(32)36)15-22(33)16-7-11-21(12-8-16)38-29(37)23-2-1-13-39-23/h1-2,5-13,18-19,24-25H,3-4,14-15H2/t18-,19-,24+,25+/m0/s1. The molecule has 2 aromatic carbocycles. The van der Waals surface area contributed by atoms with E-state index >= 15 is 0 Å². The number of carbonyl (C=O) groups excluding carboxylic acids is 5. The molecule has 10 heteroatoms. The number of carbonyl (C=O) groups is 5. The zero-order valence-electron chi connectivity index (χ0n) is 20.6. The molecule has 1 aliphatic heterocycles. The summed E-state index contributed by atoms with van der Waals surface area (Å²) in [6.45, 7) is -0.512. The molecule has 3 fully saturated rings. The van der Waals surface area contributed by atoms with Crippen molar-refractivity contribution in [3.63, 3.8) is 0 Å². The summed E-state index contributed by atoms with van der Waals surface area (Å²) in [5, 5.41) is 4.07. The van der Waals surface area contributed by atoms with Crippen LogP contribution in [0.15, 0.2) is 66.0 Å². The molecule has 0 unspecified atom stereocenters. The molecule has 4 atom stereocenters. The Morgan fingerprint density at radius 2 is 1.51 bits per heavy atom. The maximum absolute atomic E-state index is 13.6. The van der Waals surface area contributed by atoms with Gasteiger partial charge in [-0.25, -0.2) is 9.80 Å². The lowest BCUT2D eigenvalue weighted by atomic mass is 9.81. The fraction of sp³-hybridized carbons (Fsp3) is 0.276. The summed E-state index contributed by atoms with van der Waals surface area (Å²) < 4.78 is 5.35. The molecular formula is C29H23ClN2O6S. The highest BCUT2D eigenvalue weighted by molar-refractivity contribution is 7.12. The number of rotatable bonds is 7. The predicted octanol–water partition coefficient (Wildman–Crippen LogP) is 4.89. The van der Waals surface area contributed by atoms with E-state index in [0.717, 1.165) is 29.3 Å². The summed E-state index contributed by atoms with van der Waals surface area (Å²) in [5.41, 5.74) is 0.433. The number of hydrazine groups is 1. The second-order valence-corrected chi connectivity index (χ2v) is 11.4. The van der Waals surface area contributed by atoms with E-state index in [4.69, 9.17) is 16.3 Å². The highest BCUT2D eigenvalue weighted by Crippen LogP contribution is 2.56. The zero-order valence-corrected chi connectivity index (χ0v) is 22.2. The summed E-state index contributed by atoms with van der Waals surface area (Å²) in [4.78, 5) is 66.7. The number of Topliss-reactive ketones (excluding diaryl/α,β-unsaturated/α-hetero) is 1. The third-order valence-corrected chi connectivity index (χ3v) is 8.98. The number of hydrogen-bond donors (Lipinski definition) is 0. The van der Waals surface area contributed by atoms with Crippen molar-refractivity contribution < 1.29 is 28.7 Å². The molecular weight excluding hydrogens is 540 g/mol. The van der Waals surface area contributed by atoms with Crippen LogP contribution in [0.25, 0.3) is 0 Å². The maximum atomic E-state index is 13.6. The molecule has 0 spiro atoms. The van der Waals surface area contributed by atoms with Gasteiger partial charge in [-0.05, 0) is 91.1 Å². The molecule has 1 aromatic heterocycles. The third kappa shape index (κ3) is 4.55. The Hall–Kier alpha value is -3.82. The monoisotopic (exact) mass is 562 g/mol. The van der Waals surface area contributed by atoms with E-state index in [0.29, 0.717) is 9.90 Å². The molecule has 0 N–H and O–H groups in total. The van der Waals surface area contributed by atoms with Gasteiger partial charge in [0.1, 0.15) is 17.2 Å². The quantitative estimate of drug-likeness (QED) is 0.176. The lowest BCUT2D eigenvalue weighted by Gasteiger charge is -2.30. The molecule has 3 amide bonds. The normalized spacial score (nSPS) is 23.2. The van der Waals surface area contributed by atoms with E-state index in [1.807, 2.05) is 0 Å². The largest absolute Gasteiger partial charge is 0.422 e. The summed E-state index contributed by atoms with van der Waals surface area (Å²) in [6, 6.07) is 15.4. The molecule has 3 aliphatic rings. The van der Waals surface area contributed by atoms with Crippen molar-refractivity contribution in [2.24, 2.45) is 23.7 Å². The van der Waals surface area contributed by atoms with Crippen LogP contribution in [0.3, 0.4) is 0 Å². The number of imide groups is 1. The smallest absolute Gasteiger partial charge is 0.353 e. The van der Waals surface area contributed by atoms with E-state index in [1.165, 1.54) is 59.9 Å². The van der Waals surface area contributed by atoms with Gasteiger partial charge in [0.25, 0.3) is 17.7 Å². The number of ether oxygens (including phenoxy) is 1. The van der Waals surface area contributed by atoms with Gasteiger partial charge in [0.05, 0.1) is 11.8 Å². The molecule has 0 radical (unpaired) electrons. The minimum absolute atomic E-state index is 0.133. The molecule has 2 bridgehead atoms. The van der Waals surface area contributed by atoms with Crippen LogP contribution in [0.2, 0.25) is 5.02 Å². The van der Waals surface area contributed by atoms with Crippen molar-refractivity contribution in [2.45, 2.75) is 19.3 Å². The molecule has 6 rings (SSSR count). The number of halogens is 1. The molecule has 2 aliphatic carbocycles. The van der Waals surface area contributed by atoms with Crippen LogP contribution < -0.4 is 4.74 Å². The minimum Gasteiger partial charge on any atom is -0.422 e. The Morgan fingerprint density at radius 1 is 0.897 bits per heavy atom. The molecule has 2 heterocycles. The predicted molar refractivity (Wildman–Crippen MR) is 142 cm³/mol. The van der Waals surface area contributed by atoms with Gasteiger partial charge in [-0.3, -0.25) is 19.2 Å². The van der Waals surface area contributed by atoms with Crippen LogP contribution in [0, 0.1) is 23.7 Å². The SMILES string of the molecule is O=C(CN(C(=O)c1ccc(Cl)cc1)N1C(=O)[C@@H]2[C@H]3CC[C@@H](C3)[C@H]2C1=O)c1ccc(OC(=O)c2cccs2)cc1. The fourth-order valence-electron chi connectivity index (χ4n) is 6.09. The Morgan fingerprint density at radius 3 is 2.10 bits per heavy atom. The summed E-state index contributed by atoms with van der Waals surface area (Å²) in [7, 11) is 0. The van der Waals surface area contributed by atoms with Crippen LogP contribution in [0.1, 0.15) is 49.7 Å². The average molecular weight is 563 g/mol. The number of benzene rings is 2. The van der Waals surface area contributed by atoms with Gasteiger partial charge in [-0.15, -0.1) is 11.3 Å². The van der Waals surface area contributed by atoms with Crippen molar-refractivity contribution in [3.05, 3.63) is 87.1 Å². The number of hydrogen-bond acceptors (Lipinski definition) is 7. The Balaban J connectivity index is 1.25. The second-order valence-electron chi connectivity index (χ2n) is 10.1. The Bertz CT molecular complexity index is 1440. The second kappa shape index (κ2) is 10.1. The summed E-state index contributed by atoms with van der Waals surface area (Å²) >= 11 is 7.24. The van der Waals surface area contributed by atoms with Crippen LogP contribution in [0.4, 0.5) is 0 Å². The maximum Gasteiger partial charge on any atom is 0.353 e. The van der Waals surface area contributed by atoms with E-state index in [9.17, 15) is 24.0 Å². The van der Waals surface area contributed by atoms with Crippen LogP contribution in [0.5, 0.6) is 5.75 Å². The Kier molecular flexibility index (Phi) is 6.56. The highest BCUT2D eigenvalue weighted by atomic mass is 35.5. The van der Waals surface area contributed by atoms with E-state index in [-0.39, 0.29) is 28.7 Å². The number of nitrogens with zero attached hydrogens (tertiary/aromatic N) is 2. The van der Waals surface area contributed by atoms with Crippen LogP contribution in [-0.4, -0.2) is 46.0 Å². The molecule has 198 valence electrons. The van der Waals surface area contributed by atoms with Gasteiger partial charge in [-0.2, -0.15) is 5.01 Å². The van der Waals surface area contributed by atoms with Gasteiger partial charge < -0.3 is 4.74 Å². The lowest BCUT2D eigenvalue weighted by Crippen LogP contribution is -2.52. The summed E-state index contributed by atoms with van der Waals surface area (Å²) in [6.07, 6.45) is 2.65. The van der Waals surface area contributed by atoms with Gasteiger partial charge in [0, 0.05) is 16.1 Å². The van der Waals surface area contributed by atoms with E-state index < -0.39 is 47.9 Å². The number of fused-ring (bicyclic) bond motifs is 5. The molecule has 3 aromatic rings. The van der Waals surface area contributed by atoms with Crippen molar-refractivity contribution in [3.8, 4) is 5.75 Å². The highest BCUT2D eigenvalue weighted by Gasteiger charge is 2.62. The Labute approximate surface area is 233 Å². The van der Waals surface area contributed by atoms with Crippen molar-refractivity contribution in [1.82, 2.24) is 10.0 Å². The summed E-state index contributed by atoms with van der Waals surface area (Å²) in [5.74, 6) is -2.81. The third-order valence-electron chi connectivity index (χ3n) is 7.87. The molecule has 39 heavy (non-hydrogen) atoms. The first-order chi connectivity index (χ1) is 18.8. The van der Waals surface area contributed by atoms with Crippen LogP contribution in [-0.2, 0) is 9.59 Å². The van der Waals surface area contributed by atoms with Crippen molar-refractivity contribution in [1.29, 1.82) is 0 Å². The van der Waals surface area contributed by atoms with Crippen molar-refractivity contribution in [2.75, 3.05) is 6.54 Å². The first-order valence-electron chi connectivity index (χ1n) is 12.7. The molecule has 1 saturated heterocycles. The first kappa shape index (κ1) is 25.5. The zero-order chi connectivity index (χ0) is 27.3. The number of ketones is 1. The van der Waals surface area contributed by atoms with Gasteiger partial charge >= 0.3 is 5.97 Å². The number of amides is 3. The molecule has 8 nitrogen and oxygen atoms in total. The molecule has 2 saturated carbocycles. The van der Waals surface area contributed by atoms with E-state index in [2.05, 4.69) is 0 Å². The van der Waals surface area contributed by atoms with Gasteiger partial charge in [-0.1, -0.05) is 17.7 Å². The van der Waals surface area contributed by atoms with Gasteiger partial charge in [0.15, 0.2) is 5.78 Å². The minimum atomic E-state index is -0.643. The van der Waals surface area contributed by atoms with Gasteiger partial charge in [0.2, 0.25) is 0 Å². The first-order valence-corrected chi connectivity index (χ1v) is 13.9. The van der Waals surface area contributed by atoms with E-state index in [1.54, 1.807) is 17.5 Å². The average Bonchev–Trinajstić information content (AvgIpc) is 3.74. The number of esters is 1. The van der Waals surface area contributed by atoms with Crippen molar-refractivity contribution >= 4 is 52.4 Å². The fourth-order valence-corrected chi connectivity index (χ4v) is 6.82. The lowest BCUT2D eigenvalue weighted by molar-refractivity contribution is -0.155.